The third-order valence-electron chi connectivity index (χ3n) is 5.91. The Bertz CT molecular complexity index is 844. The van der Waals surface area contributed by atoms with Crippen LogP contribution in [0, 0.1) is 0 Å². The molecule has 4 rings (SSSR count). The molecule has 1 fully saturated rings. The number of nitrogens with zero attached hydrogens (tertiary/aromatic N) is 6. The topological polar surface area (TPSA) is 70.8 Å². The van der Waals surface area contributed by atoms with Crippen LogP contribution in [0.1, 0.15) is 37.8 Å². The summed E-state index contributed by atoms with van der Waals surface area (Å²) in [7, 11) is 1.70. The quantitative estimate of drug-likeness (QED) is 0.358. The Morgan fingerprint density at radius 2 is 1.81 bits per heavy atom. The zero-order valence-electron chi connectivity index (χ0n) is 18.6. The van der Waals surface area contributed by atoms with Crippen LogP contribution in [0.5, 0.6) is 5.75 Å². The highest BCUT2D eigenvalue weighted by atomic mass is 127. The molecule has 2 aromatic rings. The number of methoxy groups -OCH3 is 1. The Labute approximate surface area is 202 Å². The number of ether oxygens (including phenoxy) is 1. The summed E-state index contributed by atoms with van der Waals surface area (Å²) in [5, 5.41) is 12.3. The first-order chi connectivity index (χ1) is 14.8. The van der Waals surface area contributed by atoms with Crippen LogP contribution in [0.15, 0.2) is 29.3 Å². The number of aryl methyl sites for hydroxylation is 1. The van der Waals surface area contributed by atoms with Crippen LogP contribution in [0.25, 0.3) is 0 Å². The number of fused-ring (bicyclic) bond motifs is 1. The summed E-state index contributed by atoms with van der Waals surface area (Å²) < 4.78 is 7.55. The fourth-order valence-corrected chi connectivity index (χ4v) is 4.20. The maximum Gasteiger partial charge on any atom is 0.194 e. The van der Waals surface area contributed by atoms with Crippen LogP contribution < -0.4 is 15.0 Å². The van der Waals surface area contributed by atoms with Gasteiger partial charge in [0.2, 0.25) is 0 Å². The van der Waals surface area contributed by atoms with E-state index in [1.54, 1.807) is 7.11 Å². The zero-order chi connectivity index (χ0) is 20.8. The number of halogens is 1. The van der Waals surface area contributed by atoms with Gasteiger partial charge in [-0.05, 0) is 44.0 Å². The molecule has 1 aromatic carbocycles. The smallest absolute Gasteiger partial charge is 0.194 e. The van der Waals surface area contributed by atoms with Crippen LogP contribution in [0.3, 0.4) is 0 Å². The maximum absolute atomic E-state index is 5.27. The number of hydrogen-bond donors (Lipinski definition) is 1. The molecule has 1 aromatic heterocycles. The highest BCUT2D eigenvalue weighted by Crippen LogP contribution is 2.21. The van der Waals surface area contributed by atoms with Gasteiger partial charge in [0.15, 0.2) is 11.8 Å². The molecule has 0 spiro atoms. The van der Waals surface area contributed by atoms with Crippen LogP contribution in [0.4, 0.5) is 5.69 Å². The van der Waals surface area contributed by atoms with E-state index in [2.05, 4.69) is 48.9 Å². The first-order valence-electron chi connectivity index (χ1n) is 11.1. The van der Waals surface area contributed by atoms with Crippen molar-refractivity contribution in [1.82, 2.24) is 25.0 Å². The van der Waals surface area contributed by atoms with Gasteiger partial charge in [0.1, 0.15) is 18.1 Å². The molecule has 0 atom stereocenters. The van der Waals surface area contributed by atoms with Crippen molar-refractivity contribution >= 4 is 35.6 Å². The van der Waals surface area contributed by atoms with Crippen LogP contribution in [-0.4, -0.2) is 65.5 Å². The molecule has 0 unspecified atom stereocenters. The first-order valence-corrected chi connectivity index (χ1v) is 11.1. The van der Waals surface area contributed by atoms with E-state index >= 15 is 0 Å². The number of rotatable bonds is 5. The van der Waals surface area contributed by atoms with Gasteiger partial charge in [-0.25, -0.2) is 4.99 Å². The third-order valence-corrected chi connectivity index (χ3v) is 5.91. The summed E-state index contributed by atoms with van der Waals surface area (Å²) in [5.74, 6) is 3.97. The largest absolute Gasteiger partial charge is 0.497 e. The molecule has 2 aliphatic rings. The lowest BCUT2D eigenvalue weighted by Gasteiger charge is -2.37. The Balaban J connectivity index is 0.00000272. The fraction of sp³-hybridized carbons (Fsp3) is 0.591. The molecule has 0 bridgehead atoms. The van der Waals surface area contributed by atoms with Crippen molar-refractivity contribution in [2.45, 2.75) is 45.7 Å². The van der Waals surface area contributed by atoms with E-state index in [4.69, 9.17) is 9.73 Å². The van der Waals surface area contributed by atoms with Gasteiger partial charge in [0.25, 0.3) is 0 Å². The van der Waals surface area contributed by atoms with Gasteiger partial charge in [-0.3, -0.25) is 0 Å². The van der Waals surface area contributed by atoms with Gasteiger partial charge in [0.05, 0.1) is 7.11 Å². The predicted molar refractivity (Wildman–Crippen MR) is 135 cm³/mol. The average molecular weight is 539 g/mol. The number of nitrogens with one attached hydrogen (secondary N) is 1. The molecule has 8 nitrogen and oxygen atoms in total. The Kier molecular flexibility index (Phi) is 8.79. The summed E-state index contributed by atoms with van der Waals surface area (Å²) >= 11 is 0. The lowest BCUT2D eigenvalue weighted by atomic mass is 10.2. The molecular formula is C22H34IN7O. The minimum Gasteiger partial charge on any atom is -0.497 e. The lowest BCUT2D eigenvalue weighted by molar-refractivity contribution is 0.372. The lowest BCUT2D eigenvalue weighted by Crippen LogP contribution is -2.52. The summed E-state index contributed by atoms with van der Waals surface area (Å²) in [4.78, 5) is 9.68. The number of hydrogen-bond acceptors (Lipinski definition) is 5. The van der Waals surface area contributed by atoms with Crippen molar-refractivity contribution < 1.29 is 4.74 Å². The number of aromatic nitrogens is 3. The molecule has 170 valence electrons. The molecule has 3 heterocycles. The van der Waals surface area contributed by atoms with Crippen LogP contribution in [0.2, 0.25) is 0 Å². The Morgan fingerprint density at radius 3 is 2.52 bits per heavy atom. The summed E-state index contributed by atoms with van der Waals surface area (Å²) in [5.41, 5.74) is 1.24. The van der Waals surface area contributed by atoms with E-state index in [1.165, 1.54) is 24.9 Å². The highest BCUT2D eigenvalue weighted by molar-refractivity contribution is 14.0. The van der Waals surface area contributed by atoms with Gasteiger partial charge in [-0.2, -0.15) is 0 Å². The SMILES string of the molecule is CCNC(=NCc1nnc2n1CCCCC2)N1CCN(c2ccc(OC)cc2)CC1.I. The molecule has 0 amide bonds. The molecule has 1 N–H and O–H groups in total. The van der Waals surface area contributed by atoms with Crippen molar-refractivity contribution in [1.29, 1.82) is 0 Å². The molecule has 0 aliphatic carbocycles. The highest BCUT2D eigenvalue weighted by Gasteiger charge is 2.21. The molecule has 9 heteroatoms. The standard InChI is InChI=1S/C22H33N7O.HI/c1-3-23-22(24-17-21-26-25-20-7-5-4-6-12-29(20)21)28-15-13-27(14-16-28)18-8-10-19(30-2)11-9-18;/h8-11H,3-7,12-17H2,1-2H3,(H,23,24);1H. The van der Waals surface area contributed by atoms with Gasteiger partial charge >= 0.3 is 0 Å². The van der Waals surface area contributed by atoms with E-state index in [1.807, 2.05) is 12.1 Å². The minimum atomic E-state index is 0. The van der Waals surface area contributed by atoms with Crippen LogP contribution in [-0.2, 0) is 19.5 Å². The Hall–Kier alpha value is -2.04. The third kappa shape index (κ3) is 5.81. The summed E-state index contributed by atoms with van der Waals surface area (Å²) in [6, 6.07) is 8.30. The maximum atomic E-state index is 5.27. The van der Waals surface area contributed by atoms with E-state index in [9.17, 15) is 0 Å². The van der Waals surface area contributed by atoms with E-state index in [-0.39, 0.29) is 24.0 Å². The molecule has 31 heavy (non-hydrogen) atoms. The fourth-order valence-electron chi connectivity index (χ4n) is 4.20. The van der Waals surface area contributed by atoms with Crippen molar-refractivity contribution in [2.24, 2.45) is 4.99 Å². The second-order valence-corrected chi connectivity index (χ2v) is 7.84. The number of anilines is 1. The zero-order valence-corrected chi connectivity index (χ0v) is 20.9. The minimum absolute atomic E-state index is 0. The van der Waals surface area contributed by atoms with Crippen molar-refractivity contribution in [2.75, 3.05) is 44.7 Å². The van der Waals surface area contributed by atoms with Gasteiger partial charge in [-0.15, -0.1) is 34.2 Å². The van der Waals surface area contributed by atoms with E-state index in [0.29, 0.717) is 6.54 Å². The number of piperazine rings is 1. The van der Waals surface area contributed by atoms with Crippen LogP contribution >= 0.6 is 24.0 Å². The van der Waals surface area contributed by atoms with Crippen molar-refractivity contribution in [3.63, 3.8) is 0 Å². The number of benzene rings is 1. The molecule has 2 aliphatic heterocycles. The molecule has 1 saturated heterocycles. The Morgan fingerprint density at radius 1 is 1.03 bits per heavy atom. The summed E-state index contributed by atoms with van der Waals surface area (Å²) in [6.07, 6.45) is 4.72. The molecule has 0 saturated carbocycles. The van der Waals surface area contributed by atoms with E-state index in [0.717, 1.165) is 69.0 Å². The first kappa shape index (κ1) is 23.6. The second kappa shape index (κ2) is 11.5. The number of guanidine groups is 1. The van der Waals surface area contributed by atoms with Crippen molar-refractivity contribution in [3.8, 4) is 5.75 Å². The molecular weight excluding hydrogens is 505 g/mol. The molecule has 0 radical (unpaired) electrons. The van der Waals surface area contributed by atoms with Crippen molar-refractivity contribution in [3.05, 3.63) is 35.9 Å². The van der Waals surface area contributed by atoms with E-state index < -0.39 is 0 Å². The van der Waals surface area contributed by atoms with Gasteiger partial charge < -0.3 is 24.4 Å². The average Bonchev–Trinajstić information content (AvgIpc) is 3.02. The second-order valence-electron chi connectivity index (χ2n) is 7.84. The normalized spacial score (nSPS) is 16.9. The number of aliphatic imine (C=N–C) groups is 1. The predicted octanol–water partition coefficient (Wildman–Crippen LogP) is 2.92. The van der Waals surface area contributed by atoms with Gasteiger partial charge in [0, 0.05) is 51.4 Å². The summed E-state index contributed by atoms with van der Waals surface area (Å²) in [6.45, 7) is 8.39. The van der Waals surface area contributed by atoms with Gasteiger partial charge in [-0.1, -0.05) is 6.42 Å². The monoisotopic (exact) mass is 539 g/mol.